The van der Waals surface area contributed by atoms with Crippen LogP contribution in [-0.2, 0) is 9.53 Å². The number of hydrogen-bond acceptors (Lipinski definition) is 4. The first-order chi connectivity index (χ1) is 11.5. The average molecular weight is 335 g/mol. The lowest BCUT2D eigenvalue weighted by molar-refractivity contribution is -0.144. The molecule has 2 aliphatic rings. The van der Waals surface area contributed by atoms with Crippen LogP contribution in [0.5, 0.6) is 0 Å². The van der Waals surface area contributed by atoms with E-state index in [0.717, 1.165) is 31.9 Å². The number of anilines is 1. The number of amides is 1. The quantitative estimate of drug-likeness (QED) is 0.840. The molecule has 0 N–H and O–H groups in total. The third-order valence-electron chi connectivity index (χ3n) is 4.70. The summed E-state index contributed by atoms with van der Waals surface area (Å²) in [6, 6.07) is 6.61. The topological polar surface area (TPSA) is 36.0 Å². The molecule has 2 aliphatic heterocycles. The molecule has 0 saturated carbocycles. The van der Waals surface area contributed by atoms with E-state index in [2.05, 4.69) is 9.80 Å². The number of rotatable bonds is 3. The summed E-state index contributed by atoms with van der Waals surface area (Å²) in [6.45, 7) is 9.25. The van der Waals surface area contributed by atoms with E-state index in [1.54, 1.807) is 0 Å². The Kier molecular flexibility index (Phi) is 5.36. The second kappa shape index (κ2) is 7.49. The molecule has 0 spiro atoms. The molecule has 0 aliphatic carbocycles. The van der Waals surface area contributed by atoms with Gasteiger partial charge in [-0.05, 0) is 38.1 Å². The minimum absolute atomic E-state index is 0.105. The van der Waals surface area contributed by atoms with E-state index >= 15 is 0 Å². The molecule has 2 atom stereocenters. The Bertz CT molecular complexity index is 548. The predicted octanol–water partition coefficient (Wildman–Crippen LogP) is 1.58. The van der Waals surface area contributed by atoms with E-state index < -0.39 is 0 Å². The summed E-state index contributed by atoms with van der Waals surface area (Å²) in [7, 11) is 0. The van der Waals surface area contributed by atoms with Gasteiger partial charge >= 0.3 is 0 Å². The monoisotopic (exact) mass is 335 g/mol. The van der Waals surface area contributed by atoms with Crippen LogP contribution in [0.4, 0.5) is 10.1 Å². The van der Waals surface area contributed by atoms with Crippen molar-refractivity contribution in [3.8, 4) is 0 Å². The number of hydrogen-bond donors (Lipinski definition) is 0. The lowest BCUT2D eigenvalue weighted by atomic mass is 10.2. The molecule has 5 nitrogen and oxygen atoms in total. The first-order valence-electron chi connectivity index (χ1n) is 8.67. The number of benzene rings is 1. The van der Waals surface area contributed by atoms with Gasteiger partial charge in [-0.2, -0.15) is 0 Å². The minimum atomic E-state index is -0.211. The molecule has 3 rings (SSSR count). The van der Waals surface area contributed by atoms with E-state index in [0.29, 0.717) is 19.6 Å². The van der Waals surface area contributed by atoms with Crippen LogP contribution in [0.3, 0.4) is 0 Å². The molecular weight excluding hydrogens is 309 g/mol. The van der Waals surface area contributed by atoms with Gasteiger partial charge in [0.1, 0.15) is 5.82 Å². The van der Waals surface area contributed by atoms with Crippen molar-refractivity contribution < 1.29 is 13.9 Å². The van der Waals surface area contributed by atoms with Crippen molar-refractivity contribution in [1.29, 1.82) is 0 Å². The maximum atomic E-state index is 13.0. The summed E-state index contributed by atoms with van der Waals surface area (Å²) in [6.07, 6.45) is 0.209. The highest BCUT2D eigenvalue weighted by Gasteiger charge is 2.27. The van der Waals surface area contributed by atoms with E-state index in [-0.39, 0.29) is 23.9 Å². The Morgan fingerprint density at radius 3 is 2.25 bits per heavy atom. The summed E-state index contributed by atoms with van der Waals surface area (Å²) in [5, 5.41) is 0. The Hall–Kier alpha value is -1.66. The van der Waals surface area contributed by atoms with Crippen LogP contribution < -0.4 is 4.90 Å². The summed E-state index contributed by atoms with van der Waals surface area (Å²) in [4.78, 5) is 18.9. The number of ether oxygens (including phenoxy) is 1. The van der Waals surface area contributed by atoms with E-state index in [1.807, 2.05) is 30.9 Å². The number of morpholine rings is 1. The molecule has 24 heavy (non-hydrogen) atoms. The van der Waals surface area contributed by atoms with Gasteiger partial charge in [0.05, 0.1) is 18.8 Å². The maximum Gasteiger partial charge on any atom is 0.236 e. The molecule has 2 fully saturated rings. The van der Waals surface area contributed by atoms with Gasteiger partial charge in [-0.25, -0.2) is 4.39 Å². The highest BCUT2D eigenvalue weighted by Crippen LogP contribution is 2.17. The fourth-order valence-corrected chi connectivity index (χ4v) is 3.49. The normalized spacial score (nSPS) is 25.8. The number of carbonyl (C=O) groups excluding carboxylic acids is 1. The second-order valence-corrected chi connectivity index (χ2v) is 6.80. The van der Waals surface area contributed by atoms with Gasteiger partial charge in [-0.1, -0.05) is 0 Å². The third kappa shape index (κ3) is 4.24. The van der Waals surface area contributed by atoms with Crippen LogP contribution >= 0.6 is 0 Å². The molecule has 1 amide bonds. The summed E-state index contributed by atoms with van der Waals surface area (Å²) in [5.41, 5.74) is 1.04. The molecular formula is C18H26FN3O2. The maximum absolute atomic E-state index is 13.0. The smallest absolute Gasteiger partial charge is 0.236 e. The van der Waals surface area contributed by atoms with Gasteiger partial charge in [-0.15, -0.1) is 0 Å². The third-order valence-corrected chi connectivity index (χ3v) is 4.70. The van der Waals surface area contributed by atoms with Crippen LogP contribution in [0.2, 0.25) is 0 Å². The SMILES string of the molecule is CC1CN(C(=O)CN2CCN(c3ccc(F)cc3)CC2)CC(C)O1. The van der Waals surface area contributed by atoms with Crippen LogP contribution in [-0.4, -0.2) is 73.7 Å². The Labute approximate surface area is 143 Å². The van der Waals surface area contributed by atoms with Crippen LogP contribution in [0.1, 0.15) is 13.8 Å². The number of nitrogens with zero attached hydrogens (tertiary/aromatic N) is 3. The highest BCUT2D eigenvalue weighted by atomic mass is 19.1. The van der Waals surface area contributed by atoms with Crippen molar-refractivity contribution in [1.82, 2.24) is 9.80 Å². The minimum Gasteiger partial charge on any atom is -0.372 e. The molecule has 1 aromatic carbocycles. The van der Waals surface area contributed by atoms with Crippen molar-refractivity contribution in [2.75, 3.05) is 50.7 Å². The zero-order valence-corrected chi connectivity index (χ0v) is 14.4. The van der Waals surface area contributed by atoms with E-state index in [9.17, 15) is 9.18 Å². The fraction of sp³-hybridized carbons (Fsp3) is 0.611. The second-order valence-electron chi connectivity index (χ2n) is 6.80. The lowest BCUT2D eigenvalue weighted by Gasteiger charge is -2.39. The van der Waals surface area contributed by atoms with Gasteiger partial charge < -0.3 is 14.5 Å². The highest BCUT2D eigenvalue weighted by molar-refractivity contribution is 5.78. The Morgan fingerprint density at radius 1 is 1.08 bits per heavy atom. The molecule has 1 aromatic rings. The number of halogens is 1. The Morgan fingerprint density at radius 2 is 1.67 bits per heavy atom. The molecule has 0 aromatic heterocycles. The van der Waals surface area contributed by atoms with Crippen molar-refractivity contribution in [2.45, 2.75) is 26.1 Å². The van der Waals surface area contributed by atoms with Crippen LogP contribution in [0, 0.1) is 5.82 Å². The first-order valence-corrected chi connectivity index (χ1v) is 8.67. The van der Waals surface area contributed by atoms with Crippen molar-refractivity contribution in [2.24, 2.45) is 0 Å². The van der Waals surface area contributed by atoms with Crippen molar-refractivity contribution >= 4 is 11.6 Å². The molecule has 132 valence electrons. The molecule has 2 heterocycles. The first kappa shape index (κ1) is 17.2. The average Bonchev–Trinajstić information content (AvgIpc) is 2.55. The van der Waals surface area contributed by atoms with Gasteiger partial charge in [0.2, 0.25) is 5.91 Å². The van der Waals surface area contributed by atoms with E-state index in [4.69, 9.17) is 4.74 Å². The molecule has 0 radical (unpaired) electrons. The van der Waals surface area contributed by atoms with E-state index in [1.165, 1.54) is 12.1 Å². The number of carbonyl (C=O) groups is 1. The zero-order valence-electron chi connectivity index (χ0n) is 14.4. The van der Waals surface area contributed by atoms with Gasteiger partial charge in [-0.3, -0.25) is 9.69 Å². The standard InChI is InChI=1S/C18H26FN3O2/c1-14-11-22(12-15(2)24-14)18(23)13-20-7-9-21(10-8-20)17-5-3-16(19)4-6-17/h3-6,14-15H,7-13H2,1-2H3. The molecule has 6 heteroatoms. The van der Waals surface area contributed by atoms with Crippen LogP contribution in [0.25, 0.3) is 0 Å². The van der Waals surface area contributed by atoms with Crippen LogP contribution in [0.15, 0.2) is 24.3 Å². The Balaban J connectivity index is 1.48. The predicted molar refractivity (Wildman–Crippen MR) is 91.6 cm³/mol. The summed E-state index contributed by atoms with van der Waals surface area (Å²) >= 11 is 0. The van der Waals surface area contributed by atoms with Gasteiger partial charge in [0.15, 0.2) is 0 Å². The molecule has 0 bridgehead atoms. The van der Waals surface area contributed by atoms with Crippen molar-refractivity contribution in [3.05, 3.63) is 30.1 Å². The summed E-state index contributed by atoms with van der Waals surface area (Å²) in [5.74, 6) is -0.0239. The van der Waals surface area contributed by atoms with Crippen molar-refractivity contribution in [3.63, 3.8) is 0 Å². The van der Waals surface area contributed by atoms with Gasteiger partial charge in [0, 0.05) is 45.0 Å². The van der Waals surface area contributed by atoms with Gasteiger partial charge in [0.25, 0.3) is 0 Å². The molecule has 2 unspecified atom stereocenters. The number of piperazine rings is 1. The molecule has 2 saturated heterocycles. The zero-order chi connectivity index (χ0) is 17.1. The lowest BCUT2D eigenvalue weighted by Crippen LogP contribution is -2.53. The largest absolute Gasteiger partial charge is 0.372 e. The fourth-order valence-electron chi connectivity index (χ4n) is 3.49. The summed E-state index contributed by atoms with van der Waals surface area (Å²) < 4.78 is 18.7.